The molecule has 0 unspecified atom stereocenters. The number of aromatic nitrogens is 3. The molecule has 2 aromatic carbocycles. The number of pyridine rings is 1. The molecule has 0 saturated heterocycles. The molecule has 0 saturated carbocycles. The smallest absolute Gasteiger partial charge is 0.297 e. The average Bonchev–Trinajstić information content (AvgIpc) is 2.64. The molecule has 0 atom stereocenters. The van der Waals surface area contributed by atoms with Gasteiger partial charge >= 0.3 is 6.18 Å². The van der Waals surface area contributed by atoms with E-state index in [1.807, 2.05) is 48.5 Å². The van der Waals surface area contributed by atoms with E-state index in [4.69, 9.17) is 0 Å². The number of alkyl halides is 3. The van der Waals surface area contributed by atoms with E-state index >= 15 is 0 Å². The Morgan fingerprint density at radius 2 is 1.35 bits per heavy atom. The maximum absolute atomic E-state index is 12.8. The summed E-state index contributed by atoms with van der Waals surface area (Å²) in [5, 5.41) is 1.65. The number of fused-ring (bicyclic) bond motifs is 2. The molecule has 0 radical (unpaired) electrons. The second-order valence-electron chi connectivity index (χ2n) is 5.53. The predicted octanol–water partition coefficient (Wildman–Crippen LogP) is 4.64. The Morgan fingerprint density at radius 1 is 0.731 bits per heavy atom. The van der Waals surface area contributed by atoms with E-state index in [2.05, 4.69) is 25.8 Å². The lowest BCUT2D eigenvalue weighted by Gasteiger charge is -2.14. The molecule has 5 nitrogen and oxygen atoms in total. The number of halogens is 3. The molecule has 2 heterocycles. The van der Waals surface area contributed by atoms with Gasteiger partial charge in [0.15, 0.2) is 0 Å². The lowest BCUT2D eigenvalue weighted by molar-refractivity contribution is -0.141. The van der Waals surface area contributed by atoms with Crippen molar-refractivity contribution in [2.45, 2.75) is 6.18 Å². The fourth-order valence-electron chi connectivity index (χ4n) is 2.67. The van der Waals surface area contributed by atoms with Crippen molar-refractivity contribution in [3.63, 3.8) is 0 Å². The third-order valence-electron chi connectivity index (χ3n) is 3.83. The van der Waals surface area contributed by atoms with Crippen molar-refractivity contribution < 1.29 is 13.2 Å². The van der Waals surface area contributed by atoms with Crippen LogP contribution in [0.2, 0.25) is 0 Å². The fraction of sp³-hybridized carbons (Fsp3) is 0.0556. The number of para-hydroxylation sites is 2. The maximum atomic E-state index is 12.8. The van der Waals surface area contributed by atoms with Crippen LogP contribution in [0.1, 0.15) is 5.69 Å². The van der Waals surface area contributed by atoms with Crippen molar-refractivity contribution in [3.8, 4) is 0 Å². The summed E-state index contributed by atoms with van der Waals surface area (Å²) in [5.74, 6) is -0.176. The Balaban J connectivity index is 1.75. The second-order valence-corrected chi connectivity index (χ2v) is 5.53. The van der Waals surface area contributed by atoms with Gasteiger partial charge in [0.05, 0.1) is 16.7 Å². The molecule has 2 N–H and O–H groups in total. The number of nitrogens with zero attached hydrogens (tertiary/aromatic N) is 3. The first-order chi connectivity index (χ1) is 12.5. The number of hydrazine groups is 1. The highest BCUT2D eigenvalue weighted by molar-refractivity contribution is 6.07. The van der Waals surface area contributed by atoms with E-state index < -0.39 is 11.9 Å². The molecule has 4 aromatic rings. The number of hydrogen-bond donors (Lipinski definition) is 2. The van der Waals surface area contributed by atoms with Crippen LogP contribution >= 0.6 is 0 Å². The number of nitrogens with one attached hydrogen (secondary N) is 2. The minimum atomic E-state index is -4.53. The molecule has 130 valence electrons. The lowest BCUT2D eigenvalue weighted by Crippen LogP contribution is -2.15. The summed E-state index contributed by atoms with van der Waals surface area (Å²) in [6.07, 6.45) is -3.47. The summed E-state index contributed by atoms with van der Waals surface area (Å²) in [4.78, 5) is 11.9. The third-order valence-corrected chi connectivity index (χ3v) is 3.83. The molecule has 0 aliphatic carbocycles. The molecule has 0 fully saturated rings. The highest BCUT2D eigenvalue weighted by Crippen LogP contribution is 2.31. The molecule has 0 aliphatic rings. The van der Waals surface area contributed by atoms with Crippen molar-refractivity contribution in [1.82, 2.24) is 15.0 Å². The minimum Gasteiger partial charge on any atom is -0.297 e. The molecular weight excluding hydrogens is 343 g/mol. The average molecular weight is 355 g/mol. The van der Waals surface area contributed by atoms with Gasteiger partial charge in [-0.2, -0.15) is 13.2 Å². The van der Waals surface area contributed by atoms with Crippen molar-refractivity contribution >= 4 is 33.4 Å². The fourth-order valence-corrected chi connectivity index (χ4v) is 2.67. The van der Waals surface area contributed by atoms with E-state index in [0.29, 0.717) is 5.69 Å². The van der Waals surface area contributed by atoms with Gasteiger partial charge in [0, 0.05) is 17.0 Å². The van der Waals surface area contributed by atoms with Gasteiger partial charge in [0.2, 0.25) is 5.95 Å². The van der Waals surface area contributed by atoms with Crippen molar-refractivity contribution in [3.05, 3.63) is 66.5 Å². The Morgan fingerprint density at radius 3 is 1.96 bits per heavy atom. The molecular formula is C18H12F3N5. The first-order valence-corrected chi connectivity index (χ1v) is 7.72. The molecule has 0 aliphatic heterocycles. The first kappa shape index (κ1) is 16.1. The van der Waals surface area contributed by atoms with E-state index in [9.17, 15) is 13.2 Å². The highest BCUT2D eigenvalue weighted by atomic mass is 19.4. The second kappa shape index (κ2) is 6.14. The van der Waals surface area contributed by atoms with Crippen molar-refractivity contribution in [2.75, 3.05) is 10.9 Å². The van der Waals surface area contributed by atoms with Crippen LogP contribution in [0.25, 0.3) is 21.8 Å². The largest absolute Gasteiger partial charge is 0.433 e. The monoisotopic (exact) mass is 355 g/mol. The normalized spacial score (nSPS) is 11.7. The summed E-state index contributed by atoms with van der Waals surface area (Å²) in [5.41, 5.74) is 6.80. The van der Waals surface area contributed by atoms with Gasteiger partial charge in [-0.25, -0.2) is 15.0 Å². The highest BCUT2D eigenvalue weighted by Gasteiger charge is 2.32. The van der Waals surface area contributed by atoms with Crippen molar-refractivity contribution in [2.24, 2.45) is 0 Å². The van der Waals surface area contributed by atoms with Crippen LogP contribution in [0.15, 0.2) is 60.8 Å². The molecule has 4 rings (SSSR count). The summed E-state index contributed by atoms with van der Waals surface area (Å²) in [6.45, 7) is 0. The SMILES string of the molecule is FC(F)(F)c1ccnc(NNc2c3ccccc3nc3ccccc23)n1. The van der Waals surface area contributed by atoms with E-state index in [-0.39, 0.29) is 5.95 Å². The zero-order chi connectivity index (χ0) is 18.1. The molecule has 8 heteroatoms. The predicted molar refractivity (Wildman–Crippen MR) is 93.5 cm³/mol. The number of hydrogen-bond acceptors (Lipinski definition) is 5. The van der Waals surface area contributed by atoms with Crippen LogP contribution in [0, 0.1) is 0 Å². The van der Waals surface area contributed by atoms with Crippen LogP contribution in [0.5, 0.6) is 0 Å². The standard InChI is InChI=1S/C18H12F3N5/c19-18(20,21)15-9-10-22-17(24-15)26-25-16-11-5-1-3-7-13(11)23-14-8-4-2-6-12(14)16/h1-10H,(H,23,25)(H,22,24,26). The maximum Gasteiger partial charge on any atom is 0.433 e. The number of benzene rings is 2. The topological polar surface area (TPSA) is 62.7 Å². The quantitative estimate of drug-likeness (QED) is 0.414. The van der Waals surface area contributed by atoms with Gasteiger partial charge in [0.1, 0.15) is 5.69 Å². The molecule has 26 heavy (non-hydrogen) atoms. The summed E-state index contributed by atoms with van der Waals surface area (Å²) >= 11 is 0. The number of anilines is 2. The van der Waals surface area contributed by atoms with Gasteiger partial charge in [-0.05, 0) is 18.2 Å². The van der Waals surface area contributed by atoms with Crippen LogP contribution in [0.3, 0.4) is 0 Å². The zero-order valence-corrected chi connectivity index (χ0v) is 13.2. The van der Waals surface area contributed by atoms with Crippen LogP contribution < -0.4 is 10.9 Å². The third kappa shape index (κ3) is 2.97. The van der Waals surface area contributed by atoms with Gasteiger partial charge in [-0.15, -0.1) is 0 Å². The molecule has 0 spiro atoms. The summed E-state index contributed by atoms with van der Waals surface area (Å²) in [6, 6.07) is 15.8. The lowest BCUT2D eigenvalue weighted by atomic mass is 10.1. The van der Waals surface area contributed by atoms with Gasteiger partial charge in [0.25, 0.3) is 0 Å². The van der Waals surface area contributed by atoms with Crippen LogP contribution in [-0.2, 0) is 6.18 Å². The zero-order valence-electron chi connectivity index (χ0n) is 13.2. The summed E-state index contributed by atoms with van der Waals surface area (Å²) in [7, 11) is 0. The van der Waals surface area contributed by atoms with Gasteiger partial charge < -0.3 is 0 Å². The van der Waals surface area contributed by atoms with Crippen molar-refractivity contribution in [1.29, 1.82) is 0 Å². The van der Waals surface area contributed by atoms with E-state index in [1.165, 1.54) is 0 Å². The summed E-state index contributed by atoms with van der Waals surface area (Å²) < 4.78 is 38.4. The van der Waals surface area contributed by atoms with Crippen LogP contribution in [-0.4, -0.2) is 15.0 Å². The van der Waals surface area contributed by atoms with Gasteiger partial charge in [-0.3, -0.25) is 10.9 Å². The minimum absolute atomic E-state index is 0.176. The Labute approximate surface area is 145 Å². The molecule has 2 aromatic heterocycles. The molecule has 0 bridgehead atoms. The van der Waals surface area contributed by atoms with Crippen LogP contribution in [0.4, 0.5) is 24.8 Å². The first-order valence-electron chi connectivity index (χ1n) is 7.72. The number of rotatable bonds is 3. The van der Waals surface area contributed by atoms with E-state index in [1.54, 1.807) is 0 Å². The van der Waals surface area contributed by atoms with E-state index in [0.717, 1.165) is 34.1 Å². The Bertz CT molecular complexity index is 1040. The Hall–Kier alpha value is -3.42. The molecule has 0 amide bonds. The van der Waals surface area contributed by atoms with Gasteiger partial charge in [-0.1, -0.05) is 36.4 Å². The Kier molecular flexibility index (Phi) is 3.80.